The smallest absolute Gasteiger partial charge is 0.120 e. The molecule has 0 spiro atoms. The molecule has 1 aromatic rings. The lowest BCUT2D eigenvalue weighted by Crippen LogP contribution is -2.11. The third-order valence-electron chi connectivity index (χ3n) is 3.84. The molecule has 2 aliphatic rings. The first kappa shape index (κ1) is 10.2. The fourth-order valence-corrected chi connectivity index (χ4v) is 2.90. The molecule has 0 saturated heterocycles. The Morgan fingerprint density at radius 3 is 2.75 bits per heavy atom. The topological polar surface area (TPSA) is 35.2 Å². The second-order valence-corrected chi connectivity index (χ2v) is 5.03. The van der Waals surface area contributed by atoms with Crippen molar-refractivity contribution in [3.63, 3.8) is 0 Å². The molecule has 1 fully saturated rings. The average molecular weight is 217 g/mol. The number of benzene rings is 1. The summed E-state index contributed by atoms with van der Waals surface area (Å²) < 4.78 is 5.99. The molecule has 0 aliphatic heterocycles. The van der Waals surface area contributed by atoms with Gasteiger partial charge in [-0.1, -0.05) is 6.07 Å². The number of hydrogen-bond donors (Lipinski definition) is 1. The maximum atomic E-state index is 6.02. The van der Waals surface area contributed by atoms with Crippen molar-refractivity contribution < 1.29 is 4.74 Å². The lowest BCUT2D eigenvalue weighted by molar-refractivity contribution is 0.210. The van der Waals surface area contributed by atoms with Gasteiger partial charge in [-0.05, 0) is 61.8 Å². The highest BCUT2D eigenvalue weighted by Crippen LogP contribution is 2.33. The van der Waals surface area contributed by atoms with Crippen molar-refractivity contribution in [2.75, 3.05) is 0 Å². The highest BCUT2D eigenvalue weighted by Gasteiger charge is 2.21. The molecule has 0 unspecified atom stereocenters. The Bertz CT molecular complexity index is 382. The molecule has 1 atom stereocenters. The second kappa shape index (κ2) is 4.10. The molecule has 1 aromatic carbocycles. The largest absolute Gasteiger partial charge is 0.490 e. The van der Waals surface area contributed by atoms with E-state index >= 15 is 0 Å². The van der Waals surface area contributed by atoms with Crippen molar-refractivity contribution in [2.24, 2.45) is 5.73 Å². The molecule has 0 heterocycles. The van der Waals surface area contributed by atoms with E-state index in [1.165, 1.54) is 36.8 Å². The predicted octanol–water partition coefficient (Wildman–Crippen LogP) is 2.95. The Morgan fingerprint density at radius 2 is 1.94 bits per heavy atom. The predicted molar refractivity (Wildman–Crippen MR) is 64.6 cm³/mol. The Labute approximate surface area is 96.8 Å². The van der Waals surface area contributed by atoms with Crippen LogP contribution in [0.1, 0.15) is 49.3 Å². The molecule has 2 heteroatoms. The number of fused-ring (bicyclic) bond motifs is 1. The summed E-state index contributed by atoms with van der Waals surface area (Å²) in [7, 11) is 0. The van der Waals surface area contributed by atoms with Gasteiger partial charge >= 0.3 is 0 Å². The van der Waals surface area contributed by atoms with Crippen LogP contribution in [-0.2, 0) is 6.42 Å². The van der Waals surface area contributed by atoms with Crippen molar-refractivity contribution >= 4 is 0 Å². The minimum absolute atomic E-state index is 0.246. The molecule has 16 heavy (non-hydrogen) atoms. The summed E-state index contributed by atoms with van der Waals surface area (Å²) in [5.74, 6) is 1.04. The highest BCUT2D eigenvalue weighted by atomic mass is 16.5. The minimum Gasteiger partial charge on any atom is -0.490 e. The number of rotatable bonds is 2. The molecule has 2 nitrogen and oxygen atoms in total. The third kappa shape index (κ3) is 1.82. The van der Waals surface area contributed by atoms with E-state index in [4.69, 9.17) is 10.5 Å². The molecule has 0 bridgehead atoms. The van der Waals surface area contributed by atoms with Crippen LogP contribution in [0.25, 0.3) is 0 Å². The zero-order valence-corrected chi connectivity index (χ0v) is 9.61. The van der Waals surface area contributed by atoms with Gasteiger partial charge in [0.2, 0.25) is 0 Å². The zero-order valence-electron chi connectivity index (χ0n) is 9.61. The van der Waals surface area contributed by atoms with Crippen LogP contribution in [0.4, 0.5) is 0 Å². The molecule has 1 saturated carbocycles. The second-order valence-electron chi connectivity index (χ2n) is 5.03. The van der Waals surface area contributed by atoms with E-state index in [0.29, 0.717) is 6.10 Å². The van der Waals surface area contributed by atoms with Crippen LogP contribution in [0.3, 0.4) is 0 Å². The van der Waals surface area contributed by atoms with Crippen molar-refractivity contribution in [3.05, 3.63) is 29.3 Å². The van der Waals surface area contributed by atoms with Gasteiger partial charge in [0, 0.05) is 6.04 Å². The van der Waals surface area contributed by atoms with Crippen LogP contribution in [0.5, 0.6) is 5.75 Å². The summed E-state index contributed by atoms with van der Waals surface area (Å²) in [4.78, 5) is 0. The summed E-state index contributed by atoms with van der Waals surface area (Å²) in [5, 5.41) is 0. The zero-order chi connectivity index (χ0) is 11.0. The average Bonchev–Trinajstić information content (AvgIpc) is 2.90. The Hall–Kier alpha value is -1.02. The number of ether oxygens (including phenoxy) is 1. The molecular weight excluding hydrogens is 198 g/mol. The van der Waals surface area contributed by atoms with Gasteiger partial charge in [-0.15, -0.1) is 0 Å². The molecule has 0 amide bonds. The van der Waals surface area contributed by atoms with Gasteiger partial charge in [0.15, 0.2) is 0 Å². The Kier molecular flexibility index (Phi) is 2.60. The van der Waals surface area contributed by atoms with Gasteiger partial charge in [-0.3, -0.25) is 0 Å². The maximum Gasteiger partial charge on any atom is 0.120 e. The number of nitrogens with two attached hydrogens (primary N) is 1. The van der Waals surface area contributed by atoms with E-state index in [2.05, 4.69) is 18.2 Å². The van der Waals surface area contributed by atoms with Crippen LogP contribution < -0.4 is 10.5 Å². The van der Waals surface area contributed by atoms with Gasteiger partial charge in [0.05, 0.1) is 6.10 Å². The van der Waals surface area contributed by atoms with E-state index in [1.807, 2.05) is 0 Å². The van der Waals surface area contributed by atoms with Gasteiger partial charge < -0.3 is 10.5 Å². The monoisotopic (exact) mass is 217 g/mol. The van der Waals surface area contributed by atoms with Crippen molar-refractivity contribution in [1.82, 2.24) is 0 Å². The lowest BCUT2D eigenvalue weighted by atomic mass is 10.1. The first-order valence-electron chi connectivity index (χ1n) is 6.38. The maximum absolute atomic E-state index is 6.02. The summed E-state index contributed by atoms with van der Waals surface area (Å²) >= 11 is 0. The summed E-state index contributed by atoms with van der Waals surface area (Å²) in [6.45, 7) is 0. The normalized spacial score (nSPS) is 24.7. The molecule has 0 aromatic heterocycles. The van der Waals surface area contributed by atoms with Crippen LogP contribution in [0.2, 0.25) is 0 Å². The SMILES string of the molecule is N[C@@H]1CCc2cc(OC3CCCC3)ccc21. The van der Waals surface area contributed by atoms with Gasteiger partial charge in [-0.25, -0.2) is 0 Å². The van der Waals surface area contributed by atoms with Crippen LogP contribution in [-0.4, -0.2) is 6.10 Å². The van der Waals surface area contributed by atoms with E-state index in [0.717, 1.165) is 18.6 Å². The fourth-order valence-electron chi connectivity index (χ4n) is 2.90. The molecule has 86 valence electrons. The first-order valence-corrected chi connectivity index (χ1v) is 6.38. The van der Waals surface area contributed by atoms with Gasteiger partial charge in [0.25, 0.3) is 0 Å². The summed E-state index contributed by atoms with van der Waals surface area (Å²) in [5.41, 5.74) is 8.73. The lowest BCUT2D eigenvalue weighted by Gasteiger charge is -2.14. The van der Waals surface area contributed by atoms with Crippen molar-refractivity contribution in [3.8, 4) is 5.75 Å². The highest BCUT2D eigenvalue weighted by molar-refractivity contribution is 5.40. The summed E-state index contributed by atoms with van der Waals surface area (Å²) in [6, 6.07) is 6.68. The Morgan fingerprint density at radius 1 is 1.12 bits per heavy atom. The van der Waals surface area contributed by atoms with E-state index < -0.39 is 0 Å². The molecule has 3 rings (SSSR count). The van der Waals surface area contributed by atoms with Crippen molar-refractivity contribution in [1.29, 1.82) is 0 Å². The van der Waals surface area contributed by atoms with E-state index in [1.54, 1.807) is 0 Å². The quantitative estimate of drug-likeness (QED) is 0.826. The summed E-state index contributed by atoms with van der Waals surface area (Å²) in [6.07, 6.45) is 7.72. The molecule has 0 radical (unpaired) electrons. The third-order valence-corrected chi connectivity index (χ3v) is 3.84. The van der Waals surface area contributed by atoms with Crippen LogP contribution in [0, 0.1) is 0 Å². The van der Waals surface area contributed by atoms with E-state index in [-0.39, 0.29) is 6.04 Å². The minimum atomic E-state index is 0.246. The first-order chi connectivity index (χ1) is 7.83. The molecule has 2 N–H and O–H groups in total. The van der Waals surface area contributed by atoms with Crippen LogP contribution >= 0.6 is 0 Å². The number of hydrogen-bond acceptors (Lipinski definition) is 2. The van der Waals surface area contributed by atoms with Gasteiger partial charge in [0.1, 0.15) is 5.75 Å². The van der Waals surface area contributed by atoms with E-state index in [9.17, 15) is 0 Å². The van der Waals surface area contributed by atoms with Crippen LogP contribution in [0.15, 0.2) is 18.2 Å². The Balaban J connectivity index is 1.76. The van der Waals surface area contributed by atoms with Gasteiger partial charge in [-0.2, -0.15) is 0 Å². The van der Waals surface area contributed by atoms with Crippen molar-refractivity contribution in [2.45, 2.75) is 50.7 Å². The number of aryl methyl sites for hydroxylation is 1. The molecular formula is C14H19NO. The molecule has 2 aliphatic carbocycles. The fraction of sp³-hybridized carbons (Fsp3) is 0.571. The standard InChI is InChI=1S/C14H19NO/c15-14-8-5-10-9-12(6-7-13(10)14)16-11-3-1-2-4-11/h6-7,9,11,14H,1-5,8,15H2/t14-/m1/s1.